The van der Waals surface area contributed by atoms with Crippen molar-refractivity contribution < 1.29 is 19.1 Å². The second kappa shape index (κ2) is 5.60. The van der Waals surface area contributed by atoms with Crippen LogP contribution in [0.4, 0.5) is 4.39 Å². The summed E-state index contributed by atoms with van der Waals surface area (Å²) in [7, 11) is 0. The van der Waals surface area contributed by atoms with Crippen molar-refractivity contribution in [1.82, 2.24) is 4.90 Å². The molecule has 4 nitrogen and oxygen atoms in total. The maximum atomic E-state index is 14.0. The highest BCUT2D eigenvalue weighted by Gasteiger charge is 2.34. The summed E-state index contributed by atoms with van der Waals surface area (Å²) in [5, 5.41) is 11.1. The summed E-state index contributed by atoms with van der Waals surface area (Å²) >= 11 is 0. The summed E-state index contributed by atoms with van der Waals surface area (Å²) in [6, 6.07) is 12.1. The number of halogens is 1. The first-order chi connectivity index (χ1) is 10.6. The zero-order valence-corrected chi connectivity index (χ0v) is 11.7. The Morgan fingerprint density at radius 3 is 2.55 bits per heavy atom. The van der Waals surface area contributed by atoms with Crippen molar-refractivity contribution in [3.8, 4) is 0 Å². The van der Waals surface area contributed by atoms with Gasteiger partial charge in [-0.15, -0.1) is 0 Å². The third-order valence-corrected chi connectivity index (χ3v) is 3.85. The molecule has 0 unspecified atom stereocenters. The van der Waals surface area contributed by atoms with Crippen LogP contribution in [-0.2, 0) is 11.3 Å². The number of carbonyl (C=O) groups is 2. The van der Waals surface area contributed by atoms with Crippen LogP contribution in [0.2, 0.25) is 0 Å². The topological polar surface area (TPSA) is 60.4 Å². The lowest BCUT2D eigenvalue weighted by Gasteiger charge is -2.29. The molecular weight excluding hydrogens is 285 g/mol. The van der Waals surface area contributed by atoms with E-state index in [4.69, 9.17) is 0 Å². The van der Waals surface area contributed by atoms with Gasteiger partial charge in [0, 0.05) is 30.1 Å². The van der Waals surface area contributed by atoms with Crippen LogP contribution < -0.4 is 5.11 Å². The second-order valence-electron chi connectivity index (χ2n) is 5.20. The monoisotopic (exact) mass is 298 g/mol. The Morgan fingerprint density at radius 2 is 1.86 bits per heavy atom. The maximum absolute atomic E-state index is 14.0. The molecule has 0 saturated heterocycles. The van der Waals surface area contributed by atoms with Gasteiger partial charge in [-0.3, -0.25) is 4.79 Å². The highest BCUT2D eigenvalue weighted by atomic mass is 19.1. The number of amides is 1. The minimum Gasteiger partial charge on any atom is -0.550 e. The van der Waals surface area contributed by atoms with Crippen LogP contribution in [-0.4, -0.2) is 16.8 Å². The molecule has 0 saturated carbocycles. The Balaban J connectivity index is 2.00. The number of carboxylic acid groups (broad SMARTS) is 1. The van der Waals surface area contributed by atoms with E-state index in [1.54, 1.807) is 18.2 Å². The van der Waals surface area contributed by atoms with Gasteiger partial charge in [-0.2, -0.15) is 0 Å². The van der Waals surface area contributed by atoms with Crippen LogP contribution in [0.3, 0.4) is 0 Å². The standard InChI is InChI=1S/C17H14FNO3/c18-14-8-4-3-7-13(14)15(9-16(20)21)19-10-11-5-1-2-6-12(11)17(19)22/h1-8,15H,9-10H2,(H,20,21)/p-1/t15-/m1/s1. The number of carboxylic acids is 1. The van der Waals surface area contributed by atoms with Crippen LogP contribution in [0.15, 0.2) is 48.5 Å². The second-order valence-corrected chi connectivity index (χ2v) is 5.20. The Hall–Kier alpha value is -2.69. The van der Waals surface area contributed by atoms with E-state index >= 15 is 0 Å². The lowest BCUT2D eigenvalue weighted by Crippen LogP contribution is -2.35. The molecule has 0 radical (unpaired) electrons. The van der Waals surface area contributed by atoms with E-state index in [1.165, 1.54) is 23.1 Å². The molecule has 0 aliphatic carbocycles. The van der Waals surface area contributed by atoms with Crippen molar-refractivity contribution in [3.05, 3.63) is 71.0 Å². The predicted octanol–water partition coefficient (Wildman–Crippen LogP) is 1.66. The predicted molar refractivity (Wildman–Crippen MR) is 75.1 cm³/mol. The number of rotatable bonds is 4. The molecule has 2 aromatic carbocycles. The molecule has 0 N–H and O–H groups in total. The van der Waals surface area contributed by atoms with Gasteiger partial charge in [-0.05, 0) is 17.7 Å². The molecule has 3 rings (SSSR count). The smallest absolute Gasteiger partial charge is 0.255 e. The van der Waals surface area contributed by atoms with Crippen LogP contribution in [0.1, 0.15) is 33.9 Å². The van der Waals surface area contributed by atoms with Gasteiger partial charge in [-0.25, -0.2) is 4.39 Å². The molecule has 1 atom stereocenters. The van der Waals surface area contributed by atoms with E-state index in [2.05, 4.69) is 0 Å². The van der Waals surface area contributed by atoms with E-state index in [0.29, 0.717) is 5.56 Å². The first-order valence-electron chi connectivity index (χ1n) is 6.91. The van der Waals surface area contributed by atoms with E-state index in [0.717, 1.165) is 5.56 Å². The third kappa shape index (κ3) is 2.45. The molecule has 22 heavy (non-hydrogen) atoms. The summed E-state index contributed by atoms with van der Waals surface area (Å²) in [5.74, 6) is -2.14. The molecule has 1 amide bonds. The van der Waals surface area contributed by atoms with Crippen molar-refractivity contribution >= 4 is 11.9 Å². The number of hydrogen-bond donors (Lipinski definition) is 0. The van der Waals surface area contributed by atoms with Gasteiger partial charge >= 0.3 is 0 Å². The van der Waals surface area contributed by atoms with Gasteiger partial charge in [-0.1, -0.05) is 36.4 Å². The minimum atomic E-state index is -1.32. The van der Waals surface area contributed by atoms with E-state index in [9.17, 15) is 19.1 Å². The molecular formula is C17H13FNO3-. The zero-order valence-electron chi connectivity index (χ0n) is 11.7. The zero-order chi connectivity index (χ0) is 15.7. The number of nitrogens with zero attached hydrogens (tertiary/aromatic N) is 1. The molecule has 112 valence electrons. The molecule has 0 fully saturated rings. The van der Waals surface area contributed by atoms with Gasteiger partial charge in [0.05, 0.1) is 6.04 Å². The van der Waals surface area contributed by atoms with Crippen molar-refractivity contribution in [2.75, 3.05) is 0 Å². The number of fused-ring (bicyclic) bond motifs is 1. The molecule has 1 aliphatic heterocycles. The quantitative estimate of drug-likeness (QED) is 0.862. The summed E-state index contributed by atoms with van der Waals surface area (Å²) < 4.78 is 14.0. The van der Waals surface area contributed by atoms with Crippen LogP contribution in [0, 0.1) is 5.82 Å². The summed E-state index contributed by atoms with van der Waals surface area (Å²) in [4.78, 5) is 24.9. The molecule has 1 aliphatic rings. The fraction of sp³-hybridized carbons (Fsp3) is 0.176. The number of benzene rings is 2. The normalized spacial score (nSPS) is 14.8. The number of carbonyl (C=O) groups excluding carboxylic acids is 2. The van der Waals surface area contributed by atoms with Crippen molar-refractivity contribution in [3.63, 3.8) is 0 Å². The van der Waals surface area contributed by atoms with Crippen molar-refractivity contribution in [2.45, 2.75) is 19.0 Å². The Morgan fingerprint density at radius 1 is 1.18 bits per heavy atom. The molecule has 1 heterocycles. The first-order valence-corrected chi connectivity index (χ1v) is 6.91. The van der Waals surface area contributed by atoms with E-state index < -0.39 is 24.2 Å². The lowest BCUT2D eigenvalue weighted by molar-refractivity contribution is -0.306. The Bertz CT molecular complexity index is 744. The van der Waals surface area contributed by atoms with Crippen molar-refractivity contribution in [2.24, 2.45) is 0 Å². The van der Waals surface area contributed by atoms with Crippen molar-refractivity contribution in [1.29, 1.82) is 0 Å². The highest BCUT2D eigenvalue weighted by Crippen LogP contribution is 2.34. The van der Waals surface area contributed by atoms with Gasteiger partial charge in [0.15, 0.2) is 0 Å². The highest BCUT2D eigenvalue weighted by molar-refractivity contribution is 5.98. The summed E-state index contributed by atoms with van der Waals surface area (Å²) in [6.07, 6.45) is -0.444. The largest absolute Gasteiger partial charge is 0.550 e. The molecule has 2 aromatic rings. The summed E-state index contributed by atoms with van der Waals surface area (Å²) in [5.41, 5.74) is 1.53. The fourth-order valence-corrected chi connectivity index (χ4v) is 2.82. The van der Waals surface area contributed by atoms with Crippen LogP contribution in [0.25, 0.3) is 0 Å². The van der Waals surface area contributed by atoms with Gasteiger partial charge in [0.25, 0.3) is 5.91 Å². The average molecular weight is 298 g/mol. The SMILES string of the molecule is O=C([O-])C[C@H](c1ccccc1F)N1Cc2ccccc2C1=O. The molecule has 0 aromatic heterocycles. The molecule has 0 bridgehead atoms. The number of hydrogen-bond acceptors (Lipinski definition) is 3. The summed E-state index contributed by atoms with van der Waals surface area (Å²) in [6.45, 7) is 0.265. The number of aliphatic carboxylic acids is 1. The minimum absolute atomic E-state index is 0.188. The maximum Gasteiger partial charge on any atom is 0.255 e. The average Bonchev–Trinajstić information content (AvgIpc) is 2.83. The Kier molecular flexibility index (Phi) is 3.63. The Labute approximate surface area is 126 Å². The van der Waals surface area contributed by atoms with E-state index in [1.807, 2.05) is 12.1 Å². The molecule has 0 spiro atoms. The lowest BCUT2D eigenvalue weighted by atomic mass is 10.0. The first kappa shape index (κ1) is 14.3. The molecule has 5 heteroatoms. The van der Waals surface area contributed by atoms with E-state index in [-0.39, 0.29) is 18.0 Å². The fourth-order valence-electron chi connectivity index (χ4n) is 2.82. The van der Waals surface area contributed by atoms with Gasteiger partial charge in [0.1, 0.15) is 5.82 Å². The third-order valence-electron chi connectivity index (χ3n) is 3.85. The van der Waals surface area contributed by atoms with Gasteiger partial charge < -0.3 is 14.8 Å². The van der Waals surface area contributed by atoms with Gasteiger partial charge in [0.2, 0.25) is 0 Å². The van der Waals surface area contributed by atoms with Crippen LogP contribution in [0.5, 0.6) is 0 Å². The van der Waals surface area contributed by atoms with Crippen LogP contribution >= 0.6 is 0 Å².